The summed E-state index contributed by atoms with van der Waals surface area (Å²) in [4.78, 5) is 0. The molecular formula is C19H17NO4. The number of nitrogens with one attached hydrogen (secondary N) is 1. The zero-order chi connectivity index (χ0) is 17.1. The van der Waals surface area contributed by atoms with E-state index in [2.05, 4.69) is 0 Å². The number of methoxy groups -OCH3 is 2. The van der Waals surface area contributed by atoms with Gasteiger partial charge in [-0.1, -0.05) is 36.4 Å². The van der Waals surface area contributed by atoms with Crippen molar-refractivity contribution in [1.29, 1.82) is 5.41 Å². The van der Waals surface area contributed by atoms with Crippen molar-refractivity contribution in [3.63, 3.8) is 0 Å². The molecule has 0 aliphatic heterocycles. The molecular weight excluding hydrogens is 306 g/mol. The highest BCUT2D eigenvalue weighted by molar-refractivity contribution is 6.16. The second-order valence-electron chi connectivity index (χ2n) is 5.11. The summed E-state index contributed by atoms with van der Waals surface area (Å²) in [5.41, 5.74) is 1.71. The fourth-order valence-corrected chi connectivity index (χ4v) is 2.61. The Morgan fingerprint density at radius 3 is 2.46 bits per heavy atom. The SMILES string of the molecule is COc1c(C(=N)/C=C/c2ccccc2)c(O)c(OC)c2occc12. The smallest absolute Gasteiger partial charge is 0.205 e. The van der Waals surface area contributed by atoms with E-state index < -0.39 is 0 Å². The third kappa shape index (κ3) is 2.60. The number of furan rings is 1. The number of hydrogen-bond donors (Lipinski definition) is 2. The second-order valence-corrected chi connectivity index (χ2v) is 5.11. The van der Waals surface area contributed by atoms with E-state index in [4.69, 9.17) is 19.3 Å². The molecule has 5 nitrogen and oxygen atoms in total. The Morgan fingerprint density at radius 2 is 1.79 bits per heavy atom. The highest BCUT2D eigenvalue weighted by Gasteiger charge is 2.24. The quantitative estimate of drug-likeness (QED) is 0.689. The molecule has 0 saturated heterocycles. The summed E-state index contributed by atoms with van der Waals surface area (Å²) < 4.78 is 16.0. The van der Waals surface area contributed by atoms with Crippen LogP contribution in [0.4, 0.5) is 0 Å². The van der Waals surface area contributed by atoms with Gasteiger partial charge in [0.15, 0.2) is 11.3 Å². The summed E-state index contributed by atoms with van der Waals surface area (Å²) in [6.45, 7) is 0. The molecule has 0 unspecified atom stereocenters. The van der Waals surface area contributed by atoms with Crippen molar-refractivity contribution in [3.8, 4) is 17.2 Å². The van der Waals surface area contributed by atoms with Crippen molar-refractivity contribution in [2.45, 2.75) is 0 Å². The van der Waals surface area contributed by atoms with Gasteiger partial charge in [-0.3, -0.25) is 5.41 Å². The summed E-state index contributed by atoms with van der Waals surface area (Å²) in [6, 6.07) is 11.3. The van der Waals surface area contributed by atoms with Crippen molar-refractivity contribution in [2.75, 3.05) is 14.2 Å². The van der Waals surface area contributed by atoms with Crippen molar-refractivity contribution < 1.29 is 19.0 Å². The van der Waals surface area contributed by atoms with Crippen molar-refractivity contribution in [2.24, 2.45) is 0 Å². The van der Waals surface area contributed by atoms with Gasteiger partial charge in [0.25, 0.3) is 0 Å². The maximum absolute atomic E-state index is 10.5. The highest BCUT2D eigenvalue weighted by atomic mass is 16.5. The van der Waals surface area contributed by atoms with Gasteiger partial charge in [-0.25, -0.2) is 0 Å². The van der Waals surface area contributed by atoms with Gasteiger partial charge >= 0.3 is 0 Å². The van der Waals surface area contributed by atoms with Crippen LogP contribution >= 0.6 is 0 Å². The summed E-state index contributed by atoms with van der Waals surface area (Å²) in [7, 11) is 2.93. The van der Waals surface area contributed by atoms with Crippen LogP contribution in [0.15, 0.2) is 53.2 Å². The minimum atomic E-state index is -0.181. The van der Waals surface area contributed by atoms with Crippen LogP contribution in [0.1, 0.15) is 11.1 Å². The Labute approximate surface area is 139 Å². The van der Waals surface area contributed by atoms with Crippen molar-refractivity contribution in [3.05, 3.63) is 59.9 Å². The molecule has 5 heteroatoms. The van der Waals surface area contributed by atoms with Gasteiger partial charge in [-0.2, -0.15) is 0 Å². The molecule has 0 amide bonds. The fraction of sp³-hybridized carbons (Fsp3) is 0.105. The lowest BCUT2D eigenvalue weighted by molar-refractivity contribution is 0.364. The van der Waals surface area contributed by atoms with Crippen molar-refractivity contribution in [1.82, 2.24) is 0 Å². The molecule has 0 saturated carbocycles. The molecule has 2 N–H and O–H groups in total. The van der Waals surface area contributed by atoms with E-state index >= 15 is 0 Å². The van der Waals surface area contributed by atoms with Crippen LogP contribution in [-0.4, -0.2) is 25.0 Å². The van der Waals surface area contributed by atoms with E-state index in [-0.39, 0.29) is 22.8 Å². The molecule has 2 aromatic carbocycles. The molecule has 0 aliphatic rings. The number of phenols is 1. The monoisotopic (exact) mass is 323 g/mol. The topological polar surface area (TPSA) is 75.7 Å². The Balaban J connectivity index is 2.12. The van der Waals surface area contributed by atoms with Gasteiger partial charge in [-0.05, 0) is 17.7 Å². The van der Waals surface area contributed by atoms with Gasteiger partial charge in [0, 0.05) is 0 Å². The molecule has 1 aromatic heterocycles. The third-order valence-corrected chi connectivity index (χ3v) is 3.71. The van der Waals surface area contributed by atoms with Crippen LogP contribution in [0.25, 0.3) is 17.0 Å². The average Bonchev–Trinajstić information content (AvgIpc) is 3.08. The minimum absolute atomic E-state index is 0.106. The molecule has 122 valence electrons. The number of fused-ring (bicyclic) bond motifs is 1. The number of rotatable bonds is 5. The van der Waals surface area contributed by atoms with Crippen LogP contribution in [-0.2, 0) is 0 Å². The fourth-order valence-electron chi connectivity index (χ4n) is 2.61. The van der Waals surface area contributed by atoms with Gasteiger partial charge in [-0.15, -0.1) is 0 Å². The molecule has 0 atom stereocenters. The highest BCUT2D eigenvalue weighted by Crippen LogP contribution is 2.45. The van der Waals surface area contributed by atoms with E-state index in [1.165, 1.54) is 20.5 Å². The average molecular weight is 323 g/mol. The van der Waals surface area contributed by atoms with Gasteiger partial charge < -0.3 is 19.0 Å². The molecule has 1 heterocycles. The number of allylic oxidation sites excluding steroid dienone is 1. The molecule has 0 radical (unpaired) electrons. The van der Waals surface area contributed by atoms with E-state index in [0.29, 0.717) is 16.7 Å². The summed E-state index contributed by atoms with van der Waals surface area (Å²) >= 11 is 0. The Bertz CT molecular complexity index is 910. The minimum Gasteiger partial charge on any atom is -0.504 e. The molecule has 3 aromatic rings. The first-order valence-corrected chi connectivity index (χ1v) is 7.33. The first kappa shape index (κ1) is 15.7. The van der Waals surface area contributed by atoms with E-state index in [1.807, 2.05) is 30.3 Å². The number of hydrogen-bond acceptors (Lipinski definition) is 5. The predicted octanol–water partition coefficient (Wildman–Crippen LogP) is 4.24. The summed E-state index contributed by atoms with van der Waals surface area (Å²) in [5.74, 6) is 0.378. The normalized spacial score (nSPS) is 11.1. The second kappa shape index (κ2) is 6.50. The van der Waals surface area contributed by atoms with E-state index in [1.54, 1.807) is 18.2 Å². The standard InChI is InChI=1S/C19H17NO4/c1-22-17-13-10-11-24-18(13)19(23-2)16(21)15(17)14(20)9-8-12-6-4-3-5-7-12/h3-11,20-21H,1-2H3/b9-8+,20-14?. The first-order valence-electron chi connectivity index (χ1n) is 7.33. The molecule has 24 heavy (non-hydrogen) atoms. The first-order chi connectivity index (χ1) is 11.7. The molecule has 0 spiro atoms. The Kier molecular flexibility index (Phi) is 4.24. The van der Waals surface area contributed by atoms with E-state index in [0.717, 1.165) is 5.56 Å². The van der Waals surface area contributed by atoms with Crippen LogP contribution in [0.3, 0.4) is 0 Å². The van der Waals surface area contributed by atoms with Crippen LogP contribution < -0.4 is 9.47 Å². The Hall–Kier alpha value is -3.21. The predicted molar refractivity (Wildman–Crippen MR) is 93.3 cm³/mol. The van der Waals surface area contributed by atoms with Gasteiger partial charge in [0.1, 0.15) is 5.75 Å². The summed E-state index contributed by atoms with van der Waals surface area (Å²) in [6.07, 6.45) is 4.90. The largest absolute Gasteiger partial charge is 0.504 e. The third-order valence-electron chi connectivity index (χ3n) is 3.71. The van der Waals surface area contributed by atoms with Crippen LogP contribution in [0.2, 0.25) is 0 Å². The molecule has 0 bridgehead atoms. The van der Waals surface area contributed by atoms with E-state index in [9.17, 15) is 5.11 Å². The summed E-state index contributed by atoms with van der Waals surface area (Å²) in [5, 5.41) is 19.5. The van der Waals surface area contributed by atoms with Gasteiger partial charge in [0.05, 0.1) is 37.1 Å². The maximum Gasteiger partial charge on any atom is 0.205 e. The lowest BCUT2D eigenvalue weighted by atomic mass is 10.0. The zero-order valence-corrected chi connectivity index (χ0v) is 13.4. The number of benzene rings is 2. The zero-order valence-electron chi connectivity index (χ0n) is 13.4. The van der Waals surface area contributed by atoms with Gasteiger partial charge in [0.2, 0.25) is 5.75 Å². The maximum atomic E-state index is 10.5. The van der Waals surface area contributed by atoms with Crippen LogP contribution in [0.5, 0.6) is 17.2 Å². The van der Waals surface area contributed by atoms with Crippen LogP contribution in [0, 0.1) is 5.41 Å². The molecule has 0 aliphatic carbocycles. The Morgan fingerprint density at radius 1 is 1.08 bits per heavy atom. The molecule has 0 fully saturated rings. The number of ether oxygens (including phenoxy) is 2. The van der Waals surface area contributed by atoms with Crippen molar-refractivity contribution >= 4 is 22.8 Å². The number of aromatic hydroxyl groups is 1. The lowest BCUT2D eigenvalue weighted by Gasteiger charge is -2.14. The lowest BCUT2D eigenvalue weighted by Crippen LogP contribution is -2.02. The number of phenolic OH excluding ortho intramolecular Hbond substituents is 1. The molecule has 3 rings (SSSR count).